The molecule has 37 heavy (non-hydrogen) atoms. The SMILES string of the molecule is CCOc1ccccc1CNC(=O)C1CCCN(c2nc3cccnc3n(Cc3ccccc3)c2=O)C1. The van der Waals surface area contributed by atoms with Gasteiger partial charge in [-0.3, -0.25) is 14.2 Å². The van der Waals surface area contributed by atoms with Crippen molar-refractivity contribution < 1.29 is 9.53 Å². The highest BCUT2D eigenvalue weighted by Crippen LogP contribution is 2.23. The average molecular weight is 498 g/mol. The fraction of sp³-hybridized carbons (Fsp3) is 0.310. The van der Waals surface area contributed by atoms with Gasteiger partial charge in [-0.05, 0) is 43.5 Å². The quantitative estimate of drug-likeness (QED) is 0.399. The van der Waals surface area contributed by atoms with Crippen LogP contribution in [-0.2, 0) is 17.9 Å². The molecule has 0 aliphatic carbocycles. The molecule has 0 spiro atoms. The number of anilines is 1. The molecule has 1 atom stereocenters. The lowest BCUT2D eigenvalue weighted by atomic mass is 9.97. The van der Waals surface area contributed by atoms with E-state index in [-0.39, 0.29) is 17.4 Å². The average Bonchev–Trinajstić information content (AvgIpc) is 2.94. The number of aromatic nitrogens is 3. The molecule has 190 valence electrons. The maximum absolute atomic E-state index is 13.7. The molecule has 1 fully saturated rings. The van der Waals surface area contributed by atoms with Crippen molar-refractivity contribution in [2.45, 2.75) is 32.9 Å². The summed E-state index contributed by atoms with van der Waals surface area (Å²) in [5, 5.41) is 3.07. The maximum Gasteiger partial charge on any atom is 0.295 e. The van der Waals surface area contributed by atoms with Gasteiger partial charge >= 0.3 is 0 Å². The number of fused-ring (bicyclic) bond motifs is 1. The maximum atomic E-state index is 13.7. The van der Waals surface area contributed by atoms with Gasteiger partial charge in [0.15, 0.2) is 11.5 Å². The van der Waals surface area contributed by atoms with E-state index in [0.717, 1.165) is 29.7 Å². The van der Waals surface area contributed by atoms with Crippen LogP contribution in [0.5, 0.6) is 5.75 Å². The lowest BCUT2D eigenvalue weighted by Gasteiger charge is -2.32. The largest absolute Gasteiger partial charge is 0.494 e. The topological polar surface area (TPSA) is 89.3 Å². The van der Waals surface area contributed by atoms with E-state index >= 15 is 0 Å². The van der Waals surface area contributed by atoms with Crippen molar-refractivity contribution in [2.24, 2.45) is 5.92 Å². The number of piperidine rings is 1. The van der Waals surface area contributed by atoms with E-state index < -0.39 is 0 Å². The monoisotopic (exact) mass is 497 g/mol. The normalized spacial score (nSPS) is 15.5. The summed E-state index contributed by atoms with van der Waals surface area (Å²) < 4.78 is 7.36. The van der Waals surface area contributed by atoms with E-state index in [1.54, 1.807) is 10.8 Å². The molecule has 1 amide bonds. The number of pyridine rings is 1. The van der Waals surface area contributed by atoms with Crippen molar-refractivity contribution in [3.63, 3.8) is 0 Å². The fourth-order valence-electron chi connectivity index (χ4n) is 4.84. The minimum atomic E-state index is -0.235. The van der Waals surface area contributed by atoms with E-state index in [0.29, 0.717) is 49.8 Å². The summed E-state index contributed by atoms with van der Waals surface area (Å²) >= 11 is 0. The minimum Gasteiger partial charge on any atom is -0.494 e. The second-order valence-electron chi connectivity index (χ2n) is 9.20. The number of nitrogens with zero attached hydrogens (tertiary/aromatic N) is 4. The van der Waals surface area contributed by atoms with E-state index in [1.165, 1.54) is 0 Å². The molecule has 2 aromatic heterocycles. The van der Waals surface area contributed by atoms with Gasteiger partial charge < -0.3 is 15.0 Å². The number of para-hydroxylation sites is 1. The Morgan fingerprint density at radius 1 is 1.08 bits per heavy atom. The number of hydrogen-bond acceptors (Lipinski definition) is 6. The Morgan fingerprint density at radius 2 is 1.89 bits per heavy atom. The lowest BCUT2D eigenvalue weighted by Crippen LogP contribution is -2.45. The highest BCUT2D eigenvalue weighted by Gasteiger charge is 2.29. The second kappa shape index (κ2) is 11.2. The Bertz CT molecular complexity index is 1440. The highest BCUT2D eigenvalue weighted by atomic mass is 16.5. The Labute approximate surface area is 215 Å². The first-order valence-electron chi connectivity index (χ1n) is 12.8. The van der Waals surface area contributed by atoms with Crippen molar-refractivity contribution in [2.75, 3.05) is 24.6 Å². The van der Waals surface area contributed by atoms with Crippen molar-refractivity contribution >= 4 is 22.9 Å². The summed E-state index contributed by atoms with van der Waals surface area (Å²) in [7, 11) is 0. The number of amides is 1. The van der Waals surface area contributed by atoms with Gasteiger partial charge in [-0.25, -0.2) is 9.97 Å². The van der Waals surface area contributed by atoms with Crippen LogP contribution in [-0.4, -0.2) is 40.1 Å². The number of rotatable bonds is 8. The number of carbonyl (C=O) groups is 1. The highest BCUT2D eigenvalue weighted by molar-refractivity contribution is 5.80. The Hall–Kier alpha value is -4.20. The van der Waals surface area contributed by atoms with Gasteiger partial charge in [0, 0.05) is 31.4 Å². The Morgan fingerprint density at radius 3 is 2.73 bits per heavy atom. The zero-order valence-electron chi connectivity index (χ0n) is 21.0. The molecule has 0 radical (unpaired) electrons. The third-order valence-electron chi connectivity index (χ3n) is 6.69. The van der Waals surface area contributed by atoms with Crippen LogP contribution >= 0.6 is 0 Å². The smallest absolute Gasteiger partial charge is 0.295 e. The van der Waals surface area contributed by atoms with Crippen molar-refractivity contribution in [3.8, 4) is 5.75 Å². The summed E-state index contributed by atoms with van der Waals surface area (Å²) in [4.78, 5) is 37.9. The summed E-state index contributed by atoms with van der Waals surface area (Å²) in [6, 6.07) is 21.3. The Kier molecular flexibility index (Phi) is 7.44. The summed E-state index contributed by atoms with van der Waals surface area (Å²) in [5.41, 5.74) is 2.98. The number of carbonyl (C=O) groups excluding carboxylic acids is 1. The molecule has 1 saturated heterocycles. The molecule has 8 nitrogen and oxygen atoms in total. The van der Waals surface area contributed by atoms with Gasteiger partial charge in [0.2, 0.25) is 5.91 Å². The van der Waals surface area contributed by atoms with Gasteiger partial charge in [0.25, 0.3) is 5.56 Å². The zero-order chi connectivity index (χ0) is 25.6. The third-order valence-corrected chi connectivity index (χ3v) is 6.69. The number of nitrogens with one attached hydrogen (secondary N) is 1. The van der Waals surface area contributed by atoms with E-state index in [2.05, 4.69) is 10.3 Å². The van der Waals surface area contributed by atoms with Crippen molar-refractivity contribution in [1.29, 1.82) is 0 Å². The van der Waals surface area contributed by atoms with Gasteiger partial charge in [0.1, 0.15) is 11.3 Å². The molecule has 0 saturated carbocycles. The molecule has 5 rings (SSSR count). The van der Waals surface area contributed by atoms with Gasteiger partial charge in [-0.2, -0.15) is 0 Å². The molecule has 1 unspecified atom stereocenters. The molecule has 3 heterocycles. The first kappa shape index (κ1) is 24.5. The van der Waals surface area contributed by atoms with Crippen LogP contribution < -0.4 is 20.5 Å². The molecule has 0 bridgehead atoms. The summed E-state index contributed by atoms with van der Waals surface area (Å²) in [6.07, 6.45) is 3.25. The predicted octanol–water partition coefficient (Wildman–Crippen LogP) is 3.77. The zero-order valence-corrected chi connectivity index (χ0v) is 21.0. The van der Waals surface area contributed by atoms with Crippen LogP contribution in [0.4, 0.5) is 5.82 Å². The third kappa shape index (κ3) is 5.48. The van der Waals surface area contributed by atoms with Gasteiger partial charge in [-0.1, -0.05) is 48.5 Å². The first-order chi connectivity index (χ1) is 18.1. The number of benzene rings is 2. The van der Waals surface area contributed by atoms with E-state index in [4.69, 9.17) is 9.72 Å². The van der Waals surface area contributed by atoms with E-state index in [1.807, 2.05) is 78.6 Å². The van der Waals surface area contributed by atoms with Gasteiger partial charge in [-0.15, -0.1) is 0 Å². The first-order valence-corrected chi connectivity index (χ1v) is 12.8. The molecule has 4 aromatic rings. The molecule has 1 aliphatic heterocycles. The van der Waals surface area contributed by atoms with E-state index in [9.17, 15) is 9.59 Å². The molecular formula is C29H31N5O3. The molecule has 1 N–H and O–H groups in total. The van der Waals surface area contributed by atoms with Crippen molar-refractivity contribution in [1.82, 2.24) is 19.9 Å². The molecule has 1 aliphatic rings. The van der Waals surface area contributed by atoms with Crippen molar-refractivity contribution in [3.05, 3.63) is 94.4 Å². The van der Waals surface area contributed by atoms with Crippen LogP contribution in [0.15, 0.2) is 77.7 Å². The standard InChI is InChI=1S/C29H31N5O3/c1-2-37-25-15-7-6-12-22(25)18-31-28(35)23-13-9-17-33(20-23)27-29(36)34(19-21-10-4-3-5-11-21)26-24(32-27)14-8-16-30-26/h3-8,10-12,14-16,23H,2,9,13,17-20H2,1H3,(H,31,35). The van der Waals surface area contributed by atoms with Crippen LogP contribution in [0.2, 0.25) is 0 Å². The van der Waals surface area contributed by atoms with Crippen LogP contribution in [0.3, 0.4) is 0 Å². The molecule has 2 aromatic carbocycles. The number of ether oxygens (including phenoxy) is 1. The molecule has 8 heteroatoms. The Balaban J connectivity index is 1.36. The summed E-state index contributed by atoms with van der Waals surface area (Å²) in [6.45, 7) is 4.43. The van der Waals surface area contributed by atoms with Crippen LogP contribution in [0.1, 0.15) is 30.9 Å². The van der Waals surface area contributed by atoms with Gasteiger partial charge in [0.05, 0.1) is 19.1 Å². The van der Waals surface area contributed by atoms with Crippen LogP contribution in [0.25, 0.3) is 11.2 Å². The molecular weight excluding hydrogens is 466 g/mol. The summed E-state index contributed by atoms with van der Waals surface area (Å²) in [5.74, 6) is 0.892. The predicted molar refractivity (Wildman–Crippen MR) is 144 cm³/mol. The minimum absolute atomic E-state index is 0.0249. The number of hydrogen-bond donors (Lipinski definition) is 1. The fourth-order valence-corrected chi connectivity index (χ4v) is 4.84. The lowest BCUT2D eigenvalue weighted by molar-refractivity contribution is -0.125. The van der Waals surface area contributed by atoms with Crippen LogP contribution in [0, 0.1) is 5.92 Å². The second-order valence-corrected chi connectivity index (χ2v) is 9.20.